The molecule has 0 aliphatic heterocycles. The van der Waals surface area contributed by atoms with Crippen molar-refractivity contribution in [1.29, 1.82) is 0 Å². The van der Waals surface area contributed by atoms with E-state index in [-0.39, 0.29) is 6.54 Å². The quantitative estimate of drug-likeness (QED) is 0.785. The Kier molecular flexibility index (Phi) is 6.44. The maximum absolute atomic E-state index is 12.3. The number of alkyl halides is 3. The van der Waals surface area contributed by atoms with Crippen LogP contribution in [-0.4, -0.2) is 48.4 Å². The summed E-state index contributed by atoms with van der Waals surface area (Å²) in [6.45, 7) is -2.74. The zero-order valence-electron chi connectivity index (χ0n) is 11.3. The highest BCUT2D eigenvalue weighted by molar-refractivity contribution is 5.77. The summed E-state index contributed by atoms with van der Waals surface area (Å²) >= 11 is 0. The zero-order chi connectivity index (χ0) is 15.9. The number of nitrogens with zero attached hydrogens (tertiary/aromatic N) is 1. The molecule has 8 heteroatoms. The number of halogens is 3. The van der Waals surface area contributed by atoms with Gasteiger partial charge < -0.3 is 20.5 Å². The van der Waals surface area contributed by atoms with Crippen LogP contribution in [0.1, 0.15) is 5.56 Å². The summed E-state index contributed by atoms with van der Waals surface area (Å²) in [5.41, 5.74) is 6.14. The van der Waals surface area contributed by atoms with Gasteiger partial charge in [-0.2, -0.15) is 13.2 Å². The first-order valence-electron chi connectivity index (χ1n) is 6.23. The number of benzene rings is 1. The molecule has 0 spiro atoms. The van der Waals surface area contributed by atoms with E-state index in [1.54, 1.807) is 24.3 Å². The smallest absolute Gasteiger partial charge is 0.406 e. The molecule has 0 unspecified atom stereocenters. The van der Waals surface area contributed by atoms with E-state index in [1.165, 1.54) is 0 Å². The van der Waals surface area contributed by atoms with E-state index in [4.69, 9.17) is 15.6 Å². The van der Waals surface area contributed by atoms with E-state index in [9.17, 15) is 18.0 Å². The lowest BCUT2D eigenvalue weighted by molar-refractivity contribution is -0.163. The molecule has 21 heavy (non-hydrogen) atoms. The Morgan fingerprint density at radius 3 is 2.57 bits per heavy atom. The Labute approximate surface area is 120 Å². The molecule has 0 heterocycles. The summed E-state index contributed by atoms with van der Waals surface area (Å²) < 4.78 is 42.2. The van der Waals surface area contributed by atoms with Gasteiger partial charge in [0, 0.05) is 18.7 Å². The van der Waals surface area contributed by atoms with Gasteiger partial charge in [0.05, 0.1) is 6.61 Å². The van der Waals surface area contributed by atoms with Crippen LogP contribution in [0.5, 0.6) is 5.75 Å². The van der Waals surface area contributed by atoms with Gasteiger partial charge in [0.25, 0.3) is 5.91 Å². The normalized spacial score (nSPS) is 11.3. The van der Waals surface area contributed by atoms with Crippen molar-refractivity contribution >= 4 is 5.91 Å². The van der Waals surface area contributed by atoms with Crippen molar-refractivity contribution in [2.45, 2.75) is 12.7 Å². The molecule has 0 fully saturated rings. The summed E-state index contributed by atoms with van der Waals surface area (Å²) in [7, 11) is 0. The Balaban J connectivity index is 2.65. The molecular formula is C13H17F3N2O3. The van der Waals surface area contributed by atoms with E-state index < -0.39 is 38.4 Å². The third-order valence-electron chi connectivity index (χ3n) is 2.64. The topological polar surface area (TPSA) is 75.8 Å². The van der Waals surface area contributed by atoms with Gasteiger partial charge in [-0.05, 0) is 6.07 Å². The minimum atomic E-state index is -4.53. The van der Waals surface area contributed by atoms with E-state index in [1.807, 2.05) is 0 Å². The standard InChI is InChI=1S/C13H17F3N2O3/c14-13(15,16)9-18(5-6-19)12(20)8-21-11-4-2-1-3-10(11)7-17/h1-4,19H,5-9,17H2. The van der Waals surface area contributed by atoms with Gasteiger partial charge in [0.15, 0.2) is 6.61 Å². The molecule has 0 saturated heterocycles. The van der Waals surface area contributed by atoms with Gasteiger partial charge in [-0.1, -0.05) is 18.2 Å². The fraction of sp³-hybridized carbons (Fsp3) is 0.462. The highest BCUT2D eigenvalue weighted by Crippen LogP contribution is 2.18. The highest BCUT2D eigenvalue weighted by atomic mass is 19.4. The molecule has 1 aromatic rings. The first-order valence-corrected chi connectivity index (χ1v) is 6.23. The van der Waals surface area contributed by atoms with Gasteiger partial charge in [-0.15, -0.1) is 0 Å². The molecule has 3 N–H and O–H groups in total. The average Bonchev–Trinajstić information content (AvgIpc) is 2.43. The Morgan fingerprint density at radius 1 is 1.33 bits per heavy atom. The number of hydrogen-bond donors (Lipinski definition) is 2. The van der Waals surface area contributed by atoms with Crippen LogP contribution in [-0.2, 0) is 11.3 Å². The van der Waals surface area contributed by atoms with Gasteiger partial charge in [-0.3, -0.25) is 4.79 Å². The molecular weight excluding hydrogens is 289 g/mol. The lowest BCUT2D eigenvalue weighted by Crippen LogP contribution is -2.43. The molecule has 0 aliphatic carbocycles. The fourth-order valence-electron chi connectivity index (χ4n) is 1.67. The molecule has 1 aromatic carbocycles. The van der Waals surface area contributed by atoms with Crippen molar-refractivity contribution in [2.75, 3.05) is 26.3 Å². The summed E-state index contributed by atoms with van der Waals surface area (Å²) in [4.78, 5) is 12.2. The lowest BCUT2D eigenvalue weighted by atomic mass is 10.2. The molecule has 5 nitrogen and oxygen atoms in total. The Bertz CT molecular complexity index is 466. The fourth-order valence-corrected chi connectivity index (χ4v) is 1.67. The van der Waals surface area contributed by atoms with Crippen molar-refractivity contribution < 1.29 is 27.8 Å². The number of hydrogen-bond acceptors (Lipinski definition) is 4. The maximum Gasteiger partial charge on any atom is 0.406 e. The second-order valence-electron chi connectivity index (χ2n) is 4.25. The largest absolute Gasteiger partial charge is 0.483 e. The number of carbonyl (C=O) groups excluding carboxylic acids is 1. The first kappa shape index (κ1) is 17.3. The van der Waals surface area contributed by atoms with Crippen LogP contribution < -0.4 is 10.5 Å². The number of aliphatic hydroxyl groups is 1. The van der Waals surface area contributed by atoms with Crippen molar-refractivity contribution in [3.8, 4) is 5.75 Å². The second-order valence-corrected chi connectivity index (χ2v) is 4.25. The van der Waals surface area contributed by atoms with Crippen LogP contribution in [0.15, 0.2) is 24.3 Å². The Morgan fingerprint density at radius 2 is 2.00 bits per heavy atom. The summed E-state index contributed by atoms with van der Waals surface area (Å²) in [6, 6.07) is 6.68. The zero-order valence-corrected chi connectivity index (χ0v) is 11.3. The van der Waals surface area contributed by atoms with Crippen molar-refractivity contribution in [3.05, 3.63) is 29.8 Å². The van der Waals surface area contributed by atoms with Gasteiger partial charge in [0.2, 0.25) is 0 Å². The van der Waals surface area contributed by atoms with Crippen molar-refractivity contribution in [3.63, 3.8) is 0 Å². The Hall–Kier alpha value is -1.80. The van der Waals surface area contributed by atoms with E-state index >= 15 is 0 Å². The minimum absolute atomic E-state index is 0.188. The number of amides is 1. The maximum atomic E-state index is 12.3. The van der Waals surface area contributed by atoms with Gasteiger partial charge in [0.1, 0.15) is 12.3 Å². The molecule has 0 aromatic heterocycles. The average molecular weight is 306 g/mol. The summed E-state index contributed by atoms with van der Waals surface area (Å²) in [6.07, 6.45) is -4.53. The first-order chi connectivity index (χ1) is 9.87. The van der Waals surface area contributed by atoms with Crippen LogP contribution in [0.25, 0.3) is 0 Å². The SMILES string of the molecule is NCc1ccccc1OCC(=O)N(CCO)CC(F)(F)F. The molecule has 0 radical (unpaired) electrons. The third kappa shape index (κ3) is 6.01. The number of ether oxygens (including phenoxy) is 1. The number of aliphatic hydroxyl groups excluding tert-OH is 1. The number of rotatable bonds is 7. The van der Waals surface area contributed by atoms with Crippen LogP contribution in [0, 0.1) is 0 Å². The van der Waals surface area contributed by atoms with Crippen molar-refractivity contribution in [1.82, 2.24) is 4.90 Å². The van der Waals surface area contributed by atoms with Crippen LogP contribution in [0.4, 0.5) is 13.2 Å². The van der Waals surface area contributed by atoms with Crippen LogP contribution in [0.3, 0.4) is 0 Å². The van der Waals surface area contributed by atoms with Crippen LogP contribution in [0.2, 0.25) is 0 Å². The third-order valence-corrected chi connectivity index (χ3v) is 2.64. The number of carbonyl (C=O) groups is 1. The predicted octanol–water partition coefficient (Wildman–Crippen LogP) is 0.907. The molecule has 0 atom stereocenters. The van der Waals surface area contributed by atoms with E-state index in [0.29, 0.717) is 16.2 Å². The number of nitrogens with two attached hydrogens (primary N) is 1. The molecule has 118 valence electrons. The van der Waals surface area contributed by atoms with Crippen LogP contribution >= 0.6 is 0 Å². The highest BCUT2D eigenvalue weighted by Gasteiger charge is 2.32. The predicted molar refractivity (Wildman–Crippen MR) is 69.5 cm³/mol. The van der Waals surface area contributed by atoms with E-state index in [0.717, 1.165) is 0 Å². The monoisotopic (exact) mass is 306 g/mol. The molecule has 0 bridgehead atoms. The van der Waals surface area contributed by atoms with Gasteiger partial charge in [-0.25, -0.2) is 0 Å². The molecule has 1 amide bonds. The van der Waals surface area contributed by atoms with Crippen molar-refractivity contribution in [2.24, 2.45) is 5.73 Å². The summed E-state index contributed by atoms with van der Waals surface area (Å²) in [5.74, 6) is -0.502. The molecule has 0 saturated carbocycles. The number of para-hydroxylation sites is 1. The second kappa shape index (κ2) is 7.84. The molecule has 0 aliphatic rings. The van der Waals surface area contributed by atoms with E-state index in [2.05, 4.69) is 0 Å². The lowest BCUT2D eigenvalue weighted by Gasteiger charge is -2.23. The minimum Gasteiger partial charge on any atom is -0.483 e. The summed E-state index contributed by atoms with van der Waals surface area (Å²) in [5, 5.41) is 8.73. The van der Waals surface area contributed by atoms with Gasteiger partial charge >= 0.3 is 6.18 Å². The molecule has 1 rings (SSSR count).